The number of nitro benzene ring substituents is 1. The average molecular weight is 311 g/mol. The number of hydrogen-bond donors (Lipinski definition) is 0. The molecule has 0 spiro atoms. The monoisotopic (exact) mass is 311 g/mol. The van der Waals surface area contributed by atoms with Gasteiger partial charge in [-0.1, -0.05) is 41.5 Å². The number of allylic oxidation sites excluding steroid dienone is 6. The van der Waals surface area contributed by atoms with Crippen molar-refractivity contribution < 1.29 is 9.72 Å². The largest absolute Gasteiger partial charge is 0.298 e. The molecular weight excluding hydrogens is 290 g/mol. The Bertz CT molecular complexity index is 692. The van der Waals surface area contributed by atoms with E-state index in [2.05, 4.69) is 26.8 Å². The highest BCUT2D eigenvalue weighted by atomic mass is 16.6. The first kappa shape index (κ1) is 16.9. The summed E-state index contributed by atoms with van der Waals surface area (Å²) in [4.78, 5) is 21.9. The van der Waals surface area contributed by atoms with Crippen molar-refractivity contribution in [2.75, 3.05) is 0 Å². The molecule has 0 saturated heterocycles. The van der Waals surface area contributed by atoms with Crippen LogP contribution in [0.5, 0.6) is 0 Å². The van der Waals surface area contributed by atoms with Crippen molar-refractivity contribution >= 4 is 12.0 Å². The number of nitro groups is 1. The molecule has 2 atom stereocenters. The maximum Gasteiger partial charge on any atom is 0.269 e. The van der Waals surface area contributed by atoms with Crippen molar-refractivity contribution in [2.45, 2.75) is 33.1 Å². The lowest BCUT2D eigenvalue weighted by Crippen LogP contribution is -2.20. The van der Waals surface area contributed by atoms with E-state index < -0.39 is 4.92 Å². The van der Waals surface area contributed by atoms with Crippen molar-refractivity contribution in [3.8, 4) is 0 Å². The highest BCUT2D eigenvalue weighted by Gasteiger charge is 2.29. The van der Waals surface area contributed by atoms with Gasteiger partial charge in [0.05, 0.1) is 4.92 Å². The fourth-order valence-corrected chi connectivity index (χ4v) is 2.98. The first-order valence-electron chi connectivity index (χ1n) is 7.65. The molecule has 1 aliphatic rings. The fraction of sp³-hybridized carbons (Fsp3) is 0.316. The van der Waals surface area contributed by atoms with Gasteiger partial charge in [-0.05, 0) is 44.2 Å². The standard InChI is InChI=1S/C19H21NO3/c1-13(2)4-11-18-14(3)5-6-16(12-21)19(18)15-7-9-17(10-8-15)20(22)23/h4-10,12,18-19H,11H2,1-3H3/t18-,19+/m0/s1. The van der Waals surface area contributed by atoms with Gasteiger partial charge < -0.3 is 0 Å². The second kappa shape index (κ2) is 7.18. The molecule has 0 aromatic heterocycles. The van der Waals surface area contributed by atoms with Crippen LogP contribution in [-0.2, 0) is 4.79 Å². The highest BCUT2D eigenvalue weighted by molar-refractivity contribution is 5.78. The van der Waals surface area contributed by atoms with E-state index in [-0.39, 0.29) is 17.5 Å². The zero-order valence-electron chi connectivity index (χ0n) is 13.7. The van der Waals surface area contributed by atoms with Crippen LogP contribution < -0.4 is 0 Å². The molecule has 0 fully saturated rings. The maximum atomic E-state index is 11.5. The van der Waals surface area contributed by atoms with Crippen LogP contribution in [0.4, 0.5) is 5.69 Å². The molecule has 4 heteroatoms. The van der Waals surface area contributed by atoms with Gasteiger partial charge in [0, 0.05) is 18.1 Å². The summed E-state index contributed by atoms with van der Waals surface area (Å²) in [5.41, 5.74) is 4.18. The van der Waals surface area contributed by atoms with Crippen molar-refractivity contribution in [3.63, 3.8) is 0 Å². The van der Waals surface area contributed by atoms with Gasteiger partial charge in [0.1, 0.15) is 6.29 Å². The van der Waals surface area contributed by atoms with Gasteiger partial charge in [-0.2, -0.15) is 0 Å². The van der Waals surface area contributed by atoms with Crippen molar-refractivity contribution in [2.24, 2.45) is 5.92 Å². The van der Waals surface area contributed by atoms with E-state index in [1.165, 1.54) is 23.3 Å². The van der Waals surface area contributed by atoms with Gasteiger partial charge in [-0.25, -0.2) is 0 Å². The molecule has 23 heavy (non-hydrogen) atoms. The summed E-state index contributed by atoms with van der Waals surface area (Å²) >= 11 is 0. The zero-order valence-corrected chi connectivity index (χ0v) is 13.7. The Balaban J connectivity index is 2.42. The molecule has 1 aromatic carbocycles. The molecule has 0 bridgehead atoms. The Morgan fingerprint density at radius 2 is 1.87 bits per heavy atom. The van der Waals surface area contributed by atoms with E-state index in [0.717, 1.165) is 23.8 Å². The summed E-state index contributed by atoms with van der Waals surface area (Å²) in [6.07, 6.45) is 7.76. The first-order valence-corrected chi connectivity index (χ1v) is 7.65. The molecule has 1 aromatic rings. The van der Waals surface area contributed by atoms with Gasteiger partial charge in [-0.3, -0.25) is 14.9 Å². The number of benzene rings is 1. The molecule has 0 radical (unpaired) electrons. The molecular formula is C19H21NO3. The van der Waals surface area contributed by atoms with Gasteiger partial charge in [0.15, 0.2) is 0 Å². The van der Waals surface area contributed by atoms with Gasteiger partial charge in [-0.15, -0.1) is 0 Å². The lowest BCUT2D eigenvalue weighted by Gasteiger charge is -2.31. The highest BCUT2D eigenvalue weighted by Crippen LogP contribution is 2.41. The lowest BCUT2D eigenvalue weighted by atomic mass is 9.72. The third-order valence-corrected chi connectivity index (χ3v) is 4.26. The first-order chi connectivity index (χ1) is 10.9. The maximum absolute atomic E-state index is 11.5. The van der Waals surface area contributed by atoms with Crippen LogP contribution in [-0.4, -0.2) is 11.2 Å². The Kier molecular flexibility index (Phi) is 5.27. The van der Waals surface area contributed by atoms with E-state index in [0.29, 0.717) is 0 Å². The predicted molar refractivity (Wildman–Crippen MR) is 91.3 cm³/mol. The summed E-state index contributed by atoms with van der Waals surface area (Å²) in [5.74, 6) is 0.130. The van der Waals surface area contributed by atoms with Crippen LogP contribution in [0.25, 0.3) is 0 Å². The molecule has 4 nitrogen and oxygen atoms in total. The molecule has 0 heterocycles. The van der Waals surface area contributed by atoms with E-state index in [1.807, 2.05) is 12.2 Å². The van der Waals surface area contributed by atoms with Crippen LogP contribution in [0.2, 0.25) is 0 Å². The lowest BCUT2D eigenvalue weighted by molar-refractivity contribution is -0.384. The van der Waals surface area contributed by atoms with E-state index in [1.54, 1.807) is 12.1 Å². The quantitative estimate of drug-likeness (QED) is 0.341. The SMILES string of the molecule is CC(C)=CC[C@H]1C(C)=CC=C(C=O)[C@H]1c1ccc([N+](=O)[O-])cc1. The molecule has 0 unspecified atom stereocenters. The van der Waals surface area contributed by atoms with Crippen molar-refractivity contribution in [3.05, 3.63) is 74.9 Å². The molecule has 2 rings (SSSR count). The van der Waals surface area contributed by atoms with E-state index >= 15 is 0 Å². The normalized spacial score (nSPS) is 20.3. The number of carbonyl (C=O) groups excluding carboxylic acids is 1. The zero-order chi connectivity index (χ0) is 17.0. The number of carbonyl (C=O) groups is 1. The summed E-state index contributed by atoms with van der Waals surface area (Å²) in [7, 11) is 0. The summed E-state index contributed by atoms with van der Waals surface area (Å²) in [5, 5.41) is 10.8. The topological polar surface area (TPSA) is 60.2 Å². The molecule has 0 amide bonds. The molecule has 0 saturated carbocycles. The average Bonchev–Trinajstić information content (AvgIpc) is 2.53. The van der Waals surface area contributed by atoms with Crippen LogP contribution in [0, 0.1) is 16.0 Å². The van der Waals surface area contributed by atoms with Crippen LogP contribution in [0.15, 0.2) is 59.2 Å². The minimum Gasteiger partial charge on any atom is -0.298 e. The Labute approximate surface area is 136 Å². The van der Waals surface area contributed by atoms with Crippen LogP contribution in [0.1, 0.15) is 38.7 Å². The van der Waals surface area contributed by atoms with Crippen LogP contribution >= 0.6 is 0 Å². The minimum atomic E-state index is -0.410. The van der Waals surface area contributed by atoms with Crippen molar-refractivity contribution in [1.82, 2.24) is 0 Å². The molecule has 0 N–H and O–H groups in total. The number of non-ortho nitro benzene ring substituents is 1. The second-order valence-corrected chi connectivity index (χ2v) is 6.15. The smallest absolute Gasteiger partial charge is 0.269 e. The third kappa shape index (κ3) is 3.83. The van der Waals surface area contributed by atoms with Gasteiger partial charge in [0.25, 0.3) is 5.69 Å². The third-order valence-electron chi connectivity index (χ3n) is 4.26. The van der Waals surface area contributed by atoms with Crippen LogP contribution in [0.3, 0.4) is 0 Å². The Hall–Kier alpha value is -2.49. The van der Waals surface area contributed by atoms with Gasteiger partial charge in [0.2, 0.25) is 0 Å². The van der Waals surface area contributed by atoms with Gasteiger partial charge >= 0.3 is 0 Å². The summed E-state index contributed by atoms with van der Waals surface area (Å²) < 4.78 is 0. The summed E-state index contributed by atoms with van der Waals surface area (Å²) in [6.45, 7) is 6.18. The fourth-order valence-electron chi connectivity index (χ4n) is 2.98. The number of nitrogens with zero attached hydrogens (tertiary/aromatic N) is 1. The molecule has 0 aliphatic heterocycles. The molecule has 120 valence electrons. The summed E-state index contributed by atoms with van der Waals surface area (Å²) in [6, 6.07) is 6.52. The number of rotatable bonds is 5. The number of aldehydes is 1. The Morgan fingerprint density at radius 1 is 1.22 bits per heavy atom. The van der Waals surface area contributed by atoms with E-state index in [9.17, 15) is 14.9 Å². The predicted octanol–water partition coefficient (Wildman–Crippen LogP) is 4.74. The van der Waals surface area contributed by atoms with Crippen molar-refractivity contribution in [1.29, 1.82) is 0 Å². The second-order valence-electron chi connectivity index (χ2n) is 6.15. The number of hydrogen-bond acceptors (Lipinski definition) is 3. The van der Waals surface area contributed by atoms with E-state index in [4.69, 9.17) is 0 Å². The minimum absolute atomic E-state index is 0.0612. The Morgan fingerprint density at radius 3 is 2.39 bits per heavy atom. The molecule has 1 aliphatic carbocycles.